The molecule has 0 saturated heterocycles. The topological polar surface area (TPSA) is 61.4 Å². The number of benzene rings is 2. The fourth-order valence-electron chi connectivity index (χ4n) is 3.05. The number of rotatable bonds is 4. The molecule has 6 nitrogen and oxygen atoms in total. The number of aromatic nitrogens is 4. The lowest BCUT2D eigenvalue weighted by Gasteiger charge is -2.11. The monoisotopic (exact) mass is 334 g/mol. The molecule has 0 aliphatic heterocycles. The number of para-hydroxylation sites is 2. The van der Waals surface area contributed by atoms with Crippen LogP contribution in [0.3, 0.4) is 0 Å². The molecule has 4 aromatic rings. The molecule has 25 heavy (non-hydrogen) atoms. The third-order valence-electron chi connectivity index (χ3n) is 4.34. The summed E-state index contributed by atoms with van der Waals surface area (Å²) in [6.07, 6.45) is 0. The predicted octanol–water partition coefficient (Wildman–Crippen LogP) is 2.95. The second kappa shape index (κ2) is 6.05. The molecule has 0 radical (unpaired) electrons. The summed E-state index contributed by atoms with van der Waals surface area (Å²) in [5.74, 6) is 2.01. The van der Waals surface area contributed by atoms with Crippen LogP contribution >= 0.6 is 0 Å². The van der Waals surface area contributed by atoms with E-state index < -0.39 is 0 Å². The van der Waals surface area contributed by atoms with Crippen LogP contribution < -0.4 is 10.3 Å². The van der Waals surface area contributed by atoms with Crippen molar-refractivity contribution in [2.24, 2.45) is 0 Å². The highest BCUT2D eigenvalue weighted by atomic mass is 16.5. The maximum atomic E-state index is 12.7. The van der Waals surface area contributed by atoms with Gasteiger partial charge in [0, 0.05) is 6.54 Å². The van der Waals surface area contributed by atoms with Crippen LogP contribution in [0.4, 0.5) is 0 Å². The molecule has 2 aromatic heterocycles. The van der Waals surface area contributed by atoms with Gasteiger partial charge in [-0.1, -0.05) is 30.3 Å². The highest BCUT2D eigenvalue weighted by Crippen LogP contribution is 2.19. The summed E-state index contributed by atoms with van der Waals surface area (Å²) in [4.78, 5) is 12.7. The third-order valence-corrected chi connectivity index (χ3v) is 4.34. The normalized spacial score (nSPS) is 11.3. The van der Waals surface area contributed by atoms with Crippen LogP contribution in [0.25, 0.3) is 16.7 Å². The lowest BCUT2D eigenvalue weighted by molar-refractivity contribution is 0.293. The minimum Gasteiger partial charge on any atom is -0.485 e. The van der Waals surface area contributed by atoms with Gasteiger partial charge in [0.2, 0.25) is 5.78 Å². The zero-order chi connectivity index (χ0) is 17.4. The Morgan fingerprint density at radius 3 is 2.60 bits per heavy atom. The number of nitrogens with zero attached hydrogens (tertiary/aromatic N) is 4. The summed E-state index contributed by atoms with van der Waals surface area (Å²) >= 11 is 0. The van der Waals surface area contributed by atoms with Gasteiger partial charge in [0.05, 0.1) is 10.9 Å². The first-order chi connectivity index (χ1) is 12.2. The molecule has 0 aliphatic rings. The van der Waals surface area contributed by atoms with Gasteiger partial charge < -0.3 is 4.74 Å². The summed E-state index contributed by atoms with van der Waals surface area (Å²) in [7, 11) is 0. The summed E-state index contributed by atoms with van der Waals surface area (Å²) in [5.41, 5.74) is 1.80. The first-order valence-electron chi connectivity index (χ1n) is 8.24. The molecule has 0 fully saturated rings. The Bertz CT molecular complexity index is 1130. The minimum atomic E-state index is -0.0515. The Morgan fingerprint density at radius 1 is 1.04 bits per heavy atom. The average Bonchev–Trinajstić information content (AvgIpc) is 3.05. The molecule has 0 spiro atoms. The van der Waals surface area contributed by atoms with E-state index in [1.54, 1.807) is 4.57 Å². The van der Waals surface area contributed by atoms with Crippen molar-refractivity contribution in [3.63, 3.8) is 0 Å². The number of fused-ring (bicyclic) bond motifs is 3. The van der Waals surface area contributed by atoms with E-state index in [4.69, 9.17) is 4.74 Å². The Kier molecular flexibility index (Phi) is 3.72. The molecular weight excluding hydrogens is 316 g/mol. The Hall–Kier alpha value is -3.15. The van der Waals surface area contributed by atoms with Crippen molar-refractivity contribution in [1.29, 1.82) is 0 Å². The first kappa shape index (κ1) is 15.4. The van der Waals surface area contributed by atoms with E-state index in [1.807, 2.05) is 66.8 Å². The number of hydrogen-bond donors (Lipinski definition) is 0. The van der Waals surface area contributed by atoms with Gasteiger partial charge in [-0.3, -0.25) is 13.8 Å². The van der Waals surface area contributed by atoms with E-state index in [9.17, 15) is 4.79 Å². The summed E-state index contributed by atoms with van der Waals surface area (Å²) in [6, 6.07) is 15.4. The number of aryl methyl sites for hydroxylation is 2. The standard InChI is InChI=1S/C19H18N4O2/c1-3-22-18(24)14-9-5-6-10-15(14)23-17(20-21-19(22)23)12-25-16-11-7-4-8-13(16)2/h4-11H,3,12H2,1-2H3. The van der Waals surface area contributed by atoms with Gasteiger partial charge in [-0.05, 0) is 37.6 Å². The molecule has 0 N–H and O–H groups in total. The molecule has 0 bridgehead atoms. The zero-order valence-corrected chi connectivity index (χ0v) is 14.1. The fourth-order valence-corrected chi connectivity index (χ4v) is 3.05. The molecule has 0 atom stereocenters. The quantitative estimate of drug-likeness (QED) is 0.576. The third kappa shape index (κ3) is 2.46. The molecule has 6 heteroatoms. The first-order valence-corrected chi connectivity index (χ1v) is 8.24. The van der Waals surface area contributed by atoms with Gasteiger partial charge in [0.25, 0.3) is 5.56 Å². The smallest absolute Gasteiger partial charge is 0.262 e. The Balaban J connectivity index is 1.87. The lowest BCUT2D eigenvalue weighted by atomic mass is 10.2. The fraction of sp³-hybridized carbons (Fsp3) is 0.211. The van der Waals surface area contributed by atoms with E-state index in [0.29, 0.717) is 23.5 Å². The number of ether oxygens (including phenoxy) is 1. The van der Waals surface area contributed by atoms with Gasteiger partial charge in [-0.25, -0.2) is 0 Å². The lowest BCUT2D eigenvalue weighted by Crippen LogP contribution is -2.22. The van der Waals surface area contributed by atoms with E-state index in [-0.39, 0.29) is 12.2 Å². The molecule has 126 valence electrons. The Labute approximate surface area is 144 Å². The summed E-state index contributed by atoms with van der Waals surface area (Å²) < 4.78 is 9.46. The molecule has 0 aliphatic carbocycles. The summed E-state index contributed by atoms with van der Waals surface area (Å²) in [6.45, 7) is 4.73. The van der Waals surface area contributed by atoms with Crippen LogP contribution in [-0.2, 0) is 13.2 Å². The molecule has 0 unspecified atom stereocenters. The Morgan fingerprint density at radius 2 is 1.80 bits per heavy atom. The molecule has 0 amide bonds. The maximum Gasteiger partial charge on any atom is 0.262 e. The van der Waals surface area contributed by atoms with Gasteiger partial charge >= 0.3 is 0 Å². The van der Waals surface area contributed by atoms with E-state index in [0.717, 1.165) is 16.8 Å². The van der Waals surface area contributed by atoms with Crippen molar-refractivity contribution >= 4 is 16.7 Å². The van der Waals surface area contributed by atoms with Crippen molar-refractivity contribution in [3.05, 3.63) is 70.3 Å². The van der Waals surface area contributed by atoms with Crippen molar-refractivity contribution in [2.45, 2.75) is 27.0 Å². The minimum absolute atomic E-state index is 0.0515. The maximum absolute atomic E-state index is 12.7. The van der Waals surface area contributed by atoms with Crippen LogP contribution in [0.5, 0.6) is 5.75 Å². The van der Waals surface area contributed by atoms with Crippen LogP contribution in [0.15, 0.2) is 53.3 Å². The molecule has 4 rings (SSSR count). The highest BCUT2D eigenvalue weighted by Gasteiger charge is 2.16. The SMILES string of the molecule is CCn1c(=O)c2ccccc2n2c(COc3ccccc3C)nnc12. The number of hydrogen-bond acceptors (Lipinski definition) is 4. The largest absolute Gasteiger partial charge is 0.485 e. The van der Waals surface area contributed by atoms with Gasteiger partial charge in [0.1, 0.15) is 12.4 Å². The predicted molar refractivity (Wildman–Crippen MR) is 95.9 cm³/mol. The van der Waals surface area contributed by atoms with Crippen LogP contribution in [0, 0.1) is 6.92 Å². The average molecular weight is 334 g/mol. The van der Waals surface area contributed by atoms with E-state index in [1.165, 1.54) is 0 Å². The van der Waals surface area contributed by atoms with Crippen molar-refractivity contribution < 1.29 is 4.74 Å². The molecule has 2 heterocycles. The van der Waals surface area contributed by atoms with Crippen LogP contribution in [0.2, 0.25) is 0 Å². The van der Waals surface area contributed by atoms with Crippen molar-refractivity contribution in [1.82, 2.24) is 19.2 Å². The van der Waals surface area contributed by atoms with E-state index in [2.05, 4.69) is 10.2 Å². The van der Waals surface area contributed by atoms with Gasteiger partial charge in [0.15, 0.2) is 5.82 Å². The van der Waals surface area contributed by atoms with Gasteiger partial charge in [-0.2, -0.15) is 0 Å². The molecule has 2 aromatic carbocycles. The summed E-state index contributed by atoms with van der Waals surface area (Å²) in [5, 5.41) is 9.15. The van der Waals surface area contributed by atoms with Gasteiger partial charge in [-0.15, -0.1) is 10.2 Å². The van der Waals surface area contributed by atoms with Crippen LogP contribution in [-0.4, -0.2) is 19.2 Å². The van der Waals surface area contributed by atoms with E-state index >= 15 is 0 Å². The highest BCUT2D eigenvalue weighted by molar-refractivity contribution is 5.80. The second-order valence-electron chi connectivity index (χ2n) is 5.87. The van der Waals surface area contributed by atoms with Crippen molar-refractivity contribution in [3.8, 4) is 5.75 Å². The van der Waals surface area contributed by atoms with Crippen LogP contribution in [0.1, 0.15) is 18.3 Å². The molecule has 0 saturated carbocycles. The molecular formula is C19H18N4O2. The second-order valence-corrected chi connectivity index (χ2v) is 5.87. The zero-order valence-electron chi connectivity index (χ0n) is 14.1. The van der Waals surface area contributed by atoms with Crippen molar-refractivity contribution in [2.75, 3.05) is 0 Å².